The lowest BCUT2D eigenvalue weighted by Gasteiger charge is -2.07. The van der Waals surface area contributed by atoms with Gasteiger partial charge >= 0.3 is 0 Å². The van der Waals surface area contributed by atoms with E-state index in [2.05, 4.69) is 27.6 Å². The molecule has 0 spiro atoms. The summed E-state index contributed by atoms with van der Waals surface area (Å²) in [5.74, 6) is 0.213. The lowest BCUT2D eigenvalue weighted by molar-refractivity contribution is -0.113. The highest BCUT2D eigenvalue weighted by molar-refractivity contribution is 8.00. The Morgan fingerprint density at radius 2 is 1.56 bits per heavy atom. The van der Waals surface area contributed by atoms with Crippen LogP contribution in [0.3, 0.4) is 0 Å². The number of benzene rings is 3. The third-order valence-electron chi connectivity index (χ3n) is 4.15. The zero-order valence-electron chi connectivity index (χ0n) is 14.5. The van der Waals surface area contributed by atoms with Crippen LogP contribution in [0.4, 0.5) is 5.69 Å². The minimum atomic E-state index is -0.0674. The fraction of sp³-hybridized carbons (Fsp3) is 0.0455. The van der Waals surface area contributed by atoms with Crippen molar-refractivity contribution >= 4 is 34.1 Å². The fourth-order valence-corrected chi connectivity index (χ4v) is 3.60. The largest absolute Gasteiger partial charge is 0.325 e. The van der Waals surface area contributed by atoms with Crippen LogP contribution in [0.25, 0.3) is 21.9 Å². The van der Waals surface area contributed by atoms with Gasteiger partial charge in [0.2, 0.25) is 5.91 Å². The summed E-state index contributed by atoms with van der Waals surface area (Å²) in [6.45, 7) is 0. The Kier molecular flexibility index (Phi) is 5.12. The Hall–Kier alpha value is -3.18. The Morgan fingerprint density at radius 3 is 2.37 bits per heavy atom. The molecule has 4 aromatic rings. The molecule has 1 aromatic heterocycles. The first-order valence-electron chi connectivity index (χ1n) is 8.58. The van der Waals surface area contributed by atoms with Crippen molar-refractivity contribution in [2.45, 2.75) is 5.03 Å². The van der Waals surface area contributed by atoms with Gasteiger partial charge in [0.1, 0.15) is 5.03 Å². The molecule has 5 heteroatoms. The molecule has 27 heavy (non-hydrogen) atoms. The number of amides is 1. The number of carbonyl (C=O) groups is 1. The highest BCUT2D eigenvalue weighted by Crippen LogP contribution is 2.25. The normalized spacial score (nSPS) is 10.7. The van der Waals surface area contributed by atoms with Gasteiger partial charge in [-0.15, -0.1) is 5.10 Å². The van der Waals surface area contributed by atoms with E-state index < -0.39 is 0 Å². The molecule has 0 saturated carbocycles. The monoisotopic (exact) mass is 371 g/mol. The zero-order valence-corrected chi connectivity index (χ0v) is 15.3. The summed E-state index contributed by atoms with van der Waals surface area (Å²) in [6.07, 6.45) is 1.73. The lowest BCUT2D eigenvalue weighted by Crippen LogP contribution is -2.14. The maximum atomic E-state index is 12.3. The summed E-state index contributed by atoms with van der Waals surface area (Å²) in [5, 5.41) is 13.9. The van der Waals surface area contributed by atoms with E-state index in [1.54, 1.807) is 6.20 Å². The predicted octanol–water partition coefficient (Wildman–Crippen LogP) is 5.03. The maximum Gasteiger partial charge on any atom is 0.234 e. The van der Waals surface area contributed by atoms with Crippen molar-refractivity contribution in [3.05, 3.63) is 85.1 Å². The van der Waals surface area contributed by atoms with Crippen LogP contribution in [0, 0.1) is 0 Å². The van der Waals surface area contributed by atoms with E-state index in [4.69, 9.17) is 0 Å². The van der Waals surface area contributed by atoms with Crippen molar-refractivity contribution in [3.63, 3.8) is 0 Å². The Balaban J connectivity index is 1.39. The second kappa shape index (κ2) is 8.01. The van der Waals surface area contributed by atoms with Crippen LogP contribution in [0.2, 0.25) is 0 Å². The summed E-state index contributed by atoms with van der Waals surface area (Å²) < 4.78 is 0. The molecule has 0 fully saturated rings. The number of anilines is 1. The summed E-state index contributed by atoms with van der Waals surface area (Å²) >= 11 is 1.39. The molecule has 0 aliphatic carbocycles. The van der Waals surface area contributed by atoms with Gasteiger partial charge < -0.3 is 5.32 Å². The van der Waals surface area contributed by atoms with E-state index in [0.717, 1.165) is 32.6 Å². The van der Waals surface area contributed by atoms with Crippen LogP contribution >= 0.6 is 11.8 Å². The van der Waals surface area contributed by atoms with Crippen molar-refractivity contribution < 1.29 is 4.79 Å². The molecule has 3 aromatic carbocycles. The number of fused-ring (bicyclic) bond motifs is 1. The first-order chi connectivity index (χ1) is 13.3. The fourth-order valence-electron chi connectivity index (χ4n) is 2.82. The Labute approximate surface area is 161 Å². The smallest absolute Gasteiger partial charge is 0.234 e. The van der Waals surface area contributed by atoms with E-state index in [0.29, 0.717) is 0 Å². The van der Waals surface area contributed by atoms with Crippen molar-refractivity contribution in [2.75, 3.05) is 11.1 Å². The summed E-state index contributed by atoms with van der Waals surface area (Å²) in [7, 11) is 0. The number of hydrogen-bond acceptors (Lipinski definition) is 4. The predicted molar refractivity (Wildman–Crippen MR) is 111 cm³/mol. The van der Waals surface area contributed by atoms with Crippen LogP contribution in [-0.2, 0) is 4.79 Å². The molecule has 4 rings (SSSR count). The maximum absolute atomic E-state index is 12.3. The second-order valence-corrected chi connectivity index (χ2v) is 6.98. The van der Waals surface area contributed by atoms with Crippen LogP contribution < -0.4 is 5.32 Å². The summed E-state index contributed by atoms with van der Waals surface area (Å²) in [4.78, 5) is 12.3. The van der Waals surface area contributed by atoms with Crippen molar-refractivity contribution in [2.24, 2.45) is 0 Å². The molecule has 0 atom stereocenters. The molecular formula is C22H17N3OS. The molecule has 0 radical (unpaired) electrons. The molecule has 0 saturated heterocycles. The quantitative estimate of drug-likeness (QED) is 0.500. The number of aromatic nitrogens is 2. The third kappa shape index (κ3) is 4.15. The van der Waals surface area contributed by atoms with Gasteiger partial charge in [-0.2, -0.15) is 5.10 Å². The van der Waals surface area contributed by atoms with E-state index in [1.807, 2.05) is 66.7 Å². The van der Waals surface area contributed by atoms with Gasteiger partial charge in [0, 0.05) is 16.5 Å². The molecule has 0 bridgehead atoms. The van der Waals surface area contributed by atoms with E-state index >= 15 is 0 Å². The molecule has 0 aliphatic rings. The number of rotatable bonds is 5. The minimum absolute atomic E-state index is 0.0674. The molecule has 1 amide bonds. The molecule has 132 valence electrons. The molecular weight excluding hydrogens is 354 g/mol. The SMILES string of the molecule is O=C(CSc1nncc2ccccc12)Nc1ccc(-c2ccccc2)cc1. The van der Waals surface area contributed by atoms with Gasteiger partial charge in [0.05, 0.1) is 11.9 Å². The third-order valence-corrected chi connectivity index (χ3v) is 5.13. The van der Waals surface area contributed by atoms with Crippen LogP contribution in [0.5, 0.6) is 0 Å². The summed E-state index contributed by atoms with van der Waals surface area (Å²) in [6, 6.07) is 25.9. The lowest BCUT2D eigenvalue weighted by atomic mass is 10.1. The molecule has 0 unspecified atom stereocenters. The van der Waals surface area contributed by atoms with Crippen LogP contribution in [0.1, 0.15) is 0 Å². The first kappa shape index (κ1) is 17.2. The average molecular weight is 371 g/mol. The van der Waals surface area contributed by atoms with Crippen LogP contribution in [-0.4, -0.2) is 21.9 Å². The molecule has 0 aliphatic heterocycles. The van der Waals surface area contributed by atoms with Gasteiger partial charge in [0.15, 0.2) is 0 Å². The van der Waals surface area contributed by atoms with Gasteiger partial charge in [-0.3, -0.25) is 4.79 Å². The number of thioether (sulfide) groups is 1. The van der Waals surface area contributed by atoms with Crippen molar-refractivity contribution in [1.29, 1.82) is 0 Å². The highest BCUT2D eigenvalue weighted by Gasteiger charge is 2.08. The Bertz CT molecular complexity index is 1060. The van der Waals surface area contributed by atoms with Gasteiger partial charge in [-0.25, -0.2) is 0 Å². The standard InChI is InChI=1S/C22H17N3OS/c26-21(15-27-22-20-9-5-4-8-18(20)14-23-25-22)24-19-12-10-17(11-13-19)16-6-2-1-3-7-16/h1-14H,15H2,(H,24,26). The topological polar surface area (TPSA) is 54.9 Å². The zero-order chi connectivity index (χ0) is 18.5. The number of carbonyl (C=O) groups excluding carboxylic acids is 1. The Morgan fingerprint density at radius 1 is 0.852 bits per heavy atom. The van der Waals surface area contributed by atoms with Crippen molar-refractivity contribution in [1.82, 2.24) is 10.2 Å². The van der Waals surface area contributed by atoms with E-state index in [1.165, 1.54) is 11.8 Å². The molecule has 4 nitrogen and oxygen atoms in total. The number of nitrogens with one attached hydrogen (secondary N) is 1. The van der Waals surface area contributed by atoms with Gasteiger partial charge in [-0.1, -0.05) is 78.5 Å². The summed E-state index contributed by atoms with van der Waals surface area (Å²) in [5.41, 5.74) is 3.05. The van der Waals surface area contributed by atoms with Gasteiger partial charge in [0.25, 0.3) is 0 Å². The average Bonchev–Trinajstić information content (AvgIpc) is 2.73. The minimum Gasteiger partial charge on any atom is -0.325 e. The van der Waals surface area contributed by atoms with E-state index in [9.17, 15) is 4.79 Å². The number of hydrogen-bond donors (Lipinski definition) is 1. The second-order valence-electron chi connectivity index (χ2n) is 6.02. The number of nitrogens with zero attached hydrogens (tertiary/aromatic N) is 2. The highest BCUT2D eigenvalue weighted by atomic mass is 32.2. The first-order valence-corrected chi connectivity index (χ1v) is 9.57. The molecule has 1 heterocycles. The molecule has 1 N–H and O–H groups in total. The van der Waals surface area contributed by atoms with Crippen LogP contribution in [0.15, 0.2) is 90.1 Å². The van der Waals surface area contributed by atoms with E-state index in [-0.39, 0.29) is 11.7 Å². The van der Waals surface area contributed by atoms with Gasteiger partial charge in [-0.05, 0) is 23.3 Å². The van der Waals surface area contributed by atoms with Crippen molar-refractivity contribution in [3.8, 4) is 11.1 Å².